The fourth-order valence-electron chi connectivity index (χ4n) is 2.66. The quantitative estimate of drug-likeness (QED) is 0.843. The summed E-state index contributed by atoms with van der Waals surface area (Å²) in [6.45, 7) is 7.60. The van der Waals surface area contributed by atoms with Gasteiger partial charge < -0.3 is 4.90 Å². The SMILES string of the molecule is CC(C)(C)C(=O)N1CCCC(Cc2cncc(Cl)n2)C1. The second kappa shape index (κ2) is 6.08. The summed E-state index contributed by atoms with van der Waals surface area (Å²) in [5.74, 6) is 0.683. The van der Waals surface area contributed by atoms with Crippen molar-refractivity contribution in [2.24, 2.45) is 11.3 Å². The topological polar surface area (TPSA) is 46.1 Å². The van der Waals surface area contributed by atoms with Crippen LogP contribution < -0.4 is 0 Å². The number of hydrogen-bond acceptors (Lipinski definition) is 3. The van der Waals surface area contributed by atoms with Gasteiger partial charge in [0.25, 0.3) is 0 Å². The highest BCUT2D eigenvalue weighted by Crippen LogP contribution is 2.25. The molecule has 1 fully saturated rings. The number of piperidine rings is 1. The number of likely N-dealkylation sites (tertiary alicyclic amines) is 1. The molecule has 1 amide bonds. The van der Waals surface area contributed by atoms with Gasteiger partial charge in [-0.15, -0.1) is 0 Å². The predicted octanol–water partition coefficient (Wildman–Crippen LogP) is 2.96. The summed E-state index contributed by atoms with van der Waals surface area (Å²) < 4.78 is 0. The lowest BCUT2D eigenvalue weighted by atomic mass is 9.89. The molecule has 110 valence electrons. The molecule has 2 rings (SSSR count). The molecule has 2 heterocycles. The van der Waals surface area contributed by atoms with Gasteiger partial charge >= 0.3 is 0 Å². The normalized spacial score (nSPS) is 20.0. The van der Waals surface area contributed by atoms with Crippen LogP contribution in [0.15, 0.2) is 12.4 Å². The Hall–Kier alpha value is -1.16. The summed E-state index contributed by atoms with van der Waals surface area (Å²) in [7, 11) is 0. The zero-order valence-electron chi connectivity index (χ0n) is 12.4. The Balaban J connectivity index is 1.99. The van der Waals surface area contributed by atoms with Crippen molar-refractivity contribution >= 4 is 17.5 Å². The third-order valence-electron chi connectivity index (χ3n) is 3.60. The molecule has 1 aliphatic rings. The second-order valence-electron chi connectivity index (χ2n) is 6.55. The van der Waals surface area contributed by atoms with Crippen molar-refractivity contribution in [1.82, 2.24) is 14.9 Å². The van der Waals surface area contributed by atoms with Crippen molar-refractivity contribution in [3.8, 4) is 0 Å². The van der Waals surface area contributed by atoms with Gasteiger partial charge in [0.2, 0.25) is 5.91 Å². The van der Waals surface area contributed by atoms with E-state index in [1.54, 1.807) is 12.4 Å². The molecular formula is C15H22ClN3O. The van der Waals surface area contributed by atoms with E-state index in [4.69, 9.17) is 11.6 Å². The third-order valence-corrected chi connectivity index (χ3v) is 3.78. The number of carbonyl (C=O) groups is 1. The van der Waals surface area contributed by atoms with E-state index in [1.165, 1.54) is 0 Å². The predicted molar refractivity (Wildman–Crippen MR) is 79.5 cm³/mol. The Labute approximate surface area is 125 Å². The minimum absolute atomic E-state index is 0.236. The van der Waals surface area contributed by atoms with Gasteiger partial charge in [-0.1, -0.05) is 32.4 Å². The molecule has 4 nitrogen and oxygen atoms in total. The first-order valence-electron chi connectivity index (χ1n) is 7.12. The maximum absolute atomic E-state index is 12.3. The summed E-state index contributed by atoms with van der Waals surface area (Å²) in [6, 6.07) is 0. The Kier molecular flexibility index (Phi) is 4.63. The standard InChI is InChI=1S/C15H22ClN3O/c1-15(2,3)14(20)19-6-4-5-11(10-19)7-12-8-17-9-13(16)18-12/h8-9,11H,4-7,10H2,1-3H3. The van der Waals surface area contributed by atoms with E-state index in [0.717, 1.165) is 38.0 Å². The lowest BCUT2D eigenvalue weighted by Gasteiger charge is -2.36. The summed E-state index contributed by atoms with van der Waals surface area (Å²) in [6.07, 6.45) is 6.32. The molecule has 1 aliphatic heterocycles. The smallest absolute Gasteiger partial charge is 0.227 e. The van der Waals surface area contributed by atoms with Crippen molar-refractivity contribution in [1.29, 1.82) is 0 Å². The highest BCUT2D eigenvalue weighted by Gasteiger charge is 2.31. The molecule has 20 heavy (non-hydrogen) atoms. The molecule has 0 spiro atoms. The number of carbonyl (C=O) groups excluding carboxylic acids is 1. The number of aromatic nitrogens is 2. The molecule has 1 atom stereocenters. The van der Waals surface area contributed by atoms with E-state index in [-0.39, 0.29) is 11.3 Å². The van der Waals surface area contributed by atoms with Crippen molar-refractivity contribution in [3.63, 3.8) is 0 Å². The van der Waals surface area contributed by atoms with Crippen LogP contribution in [0.25, 0.3) is 0 Å². The summed E-state index contributed by atoms with van der Waals surface area (Å²) in [4.78, 5) is 22.7. The number of rotatable bonds is 2. The highest BCUT2D eigenvalue weighted by atomic mass is 35.5. The van der Waals surface area contributed by atoms with E-state index in [1.807, 2.05) is 25.7 Å². The first-order chi connectivity index (χ1) is 9.36. The minimum Gasteiger partial charge on any atom is -0.342 e. The van der Waals surface area contributed by atoms with Crippen LogP contribution in [0.4, 0.5) is 0 Å². The largest absolute Gasteiger partial charge is 0.342 e. The Morgan fingerprint density at radius 3 is 2.85 bits per heavy atom. The fraction of sp³-hybridized carbons (Fsp3) is 0.667. The Morgan fingerprint density at radius 2 is 2.20 bits per heavy atom. The minimum atomic E-state index is -0.308. The maximum Gasteiger partial charge on any atom is 0.227 e. The van der Waals surface area contributed by atoms with E-state index in [2.05, 4.69) is 9.97 Å². The number of amides is 1. The monoisotopic (exact) mass is 295 g/mol. The van der Waals surface area contributed by atoms with Crippen LogP contribution in [0.2, 0.25) is 5.15 Å². The van der Waals surface area contributed by atoms with Crippen molar-refractivity contribution in [2.75, 3.05) is 13.1 Å². The summed E-state index contributed by atoms with van der Waals surface area (Å²) in [5, 5.41) is 0.431. The molecule has 0 aliphatic carbocycles. The van der Waals surface area contributed by atoms with Crippen LogP contribution in [0.3, 0.4) is 0 Å². The van der Waals surface area contributed by atoms with Crippen molar-refractivity contribution < 1.29 is 4.79 Å². The zero-order valence-corrected chi connectivity index (χ0v) is 13.2. The van der Waals surface area contributed by atoms with Crippen LogP contribution >= 0.6 is 11.6 Å². The van der Waals surface area contributed by atoms with Gasteiger partial charge in [-0.25, -0.2) is 4.98 Å². The van der Waals surface area contributed by atoms with E-state index >= 15 is 0 Å². The number of halogens is 1. The van der Waals surface area contributed by atoms with Crippen LogP contribution in [0.5, 0.6) is 0 Å². The van der Waals surface area contributed by atoms with Crippen LogP contribution in [0.1, 0.15) is 39.3 Å². The van der Waals surface area contributed by atoms with Crippen LogP contribution in [-0.4, -0.2) is 33.9 Å². The fourth-order valence-corrected chi connectivity index (χ4v) is 2.83. The van der Waals surface area contributed by atoms with Gasteiger partial charge in [-0.05, 0) is 25.2 Å². The molecule has 1 unspecified atom stereocenters. The maximum atomic E-state index is 12.3. The molecule has 0 N–H and O–H groups in total. The van der Waals surface area contributed by atoms with Gasteiger partial charge in [0.05, 0.1) is 11.9 Å². The van der Waals surface area contributed by atoms with E-state index in [0.29, 0.717) is 11.1 Å². The van der Waals surface area contributed by atoms with E-state index in [9.17, 15) is 4.79 Å². The molecule has 0 radical (unpaired) electrons. The summed E-state index contributed by atoms with van der Waals surface area (Å²) >= 11 is 5.86. The Morgan fingerprint density at radius 1 is 1.45 bits per heavy atom. The van der Waals surface area contributed by atoms with Crippen LogP contribution in [-0.2, 0) is 11.2 Å². The molecule has 0 aromatic carbocycles. The molecule has 1 aromatic heterocycles. The summed E-state index contributed by atoms with van der Waals surface area (Å²) in [5.41, 5.74) is 0.602. The third kappa shape index (κ3) is 3.92. The number of nitrogens with zero attached hydrogens (tertiary/aromatic N) is 3. The molecule has 0 bridgehead atoms. The van der Waals surface area contributed by atoms with Gasteiger partial charge in [0, 0.05) is 24.7 Å². The van der Waals surface area contributed by atoms with Gasteiger partial charge in [-0.3, -0.25) is 9.78 Å². The zero-order chi connectivity index (χ0) is 14.8. The molecule has 0 saturated carbocycles. The van der Waals surface area contributed by atoms with Crippen molar-refractivity contribution in [3.05, 3.63) is 23.2 Å². The second-order valence-corrected chi connectivity index (χ2v) is 6.93. The lowest BCUT2D eigenvalue weighted by Crippen LogP contribution is -2.45. The lowest BCUT2D eigenvalue weighted by molar-refractivity contribution is -0.141. The van der Waals surface area contributed by atoms with Crippen molar-refractivity contribution in [2.45, 2.75) is 40.0 Å². The number of hydrogen-bond donors (Lipinski definition) is 0. The molecule has 5 heteroatoms. The Bertz CT molecular complexity index is 484. The molecular weight excluding hydrogens is 274 g/mol. The highest BCUT2D eigenvalue weighted by molar-refractivity contribution is 6.29. The molecule has 1 aromatic rings. The van der Waals surface area contributed by atoms with Gasteiger partial charge in [0.15, 0.2) is 0 Å². The van der Waals surface area contributed by atoms with Crippen LogP contribution in [0, 0.1) is 11.3 Å². The first-order valence-corrected chi connectivity index (χ1v) is 7.50. The van der Waals surface area contributed by atoms with E-state index < -0.39 is 0 Å². The average Bonchev–Trinajstić information content (AvgIpc) is 2.37. The van der Waals surface area contributed by atoms with Gasteiger partial charge in [0.1, 0.15) is 5.15 Å². The average molecular weight is 296 g/mol. The van der Waals surface area contributed by atoms with Gasteiger partial charge in [-0.2, -0.15) is 0 Å². The first kappa shape index (κ1) is 15.2. The molecule has 1 saturated heterocycles.